The van der Waals surface area contributed by atoms with E-state index in [0.29, 0.717) is 23.4 Å². The van der Waals surface area contributed by atoms with E-state index in [1.54, 1.807) is 0 Å². The molecular formula is C17H26N2O2. The minimum absolute atomic E-state index is 0.0389. The van der Waals surface area contributed by atoms with Crippen molar-refractivity contribution in [3.05, 3.63) is 29.8 Å². The average Bonchev–Trinajstić information content (AvgIpc) is 2.49. The van der Waals surface area contributed by atoms with Crippen LogP contribution < -0.4 is 10.6 Å². The van der Waals surface area contributed by atoms with Crippen LogP contribution in [0.4, 0.5) is 5.69 Å². The maximum atomic E-state index is 11.8. The van der Waals surface area contributed by atoms with Gasteiger partial charge in [0.1, 0.15) is 0 Å². The van der Waals surface area contributed by atoms with Crippen LogP contribution in [0.5, 0.6) is 0 Å². The quantitative estimate of drug-likeness (QED) is 0.781. The molecule has 21 heavy (non-hydrogen) atoms. The molecule has 4 heteroatoms. The summed E-state index contributed by atoms with van der Waals surface area (Å²) in [7, 11) is 0. The third-order valence-electron chi connectivity index (χ3n) is 4.42. The third kappa shape index (κ3) is 4.21. The van der Waals surface area contributed by atoms with E-state index < -0.39 is 0 Å². The topological polar surface area (TPSA) is 61.4 Å². The molecule has 0 radical (unpaired) electrons. The van der Waals surface area contributed by atoms with Crippen molar-refractivity contribution < 1.29 is 9.90 Å². The molecule has 2 unspecified atom stereocenters. The molecule has 2 rings (SSSR count). The molecule has 1 aliphatic rings. The van der Waals surface area contributed by atoms with Crippen LogP contribution in [-0.2, 0) is 0 Å². The van der Waals surface area contributed by atoms with Crippen LogP contribution in [0.2, 0.25) is 0 Å². The molecular weight excluding hydrogens is 264 g/mol. The zero-order valence-corrected chi connectivity index (χ0v) is 12.9. The van der Waals surface area contributed by atoms with Gasteiger partial charge in [-0.25, -0.2) is 0 Å². The summed E-state index contributed by atoms with van der Waals surface area (Å²) < 4.78 is 0. The van der Waals surface area contributed by atoms with E-state index in [0.717, 1.165) is 5.69 Å². The maximum Gasteiger partial charge on any atom is 0.251 e. The Balaban J connectivity index is 1.97. The van der Waals surface area contributed by atoms with Crippen molar-refractivity contribution in [2.75, 3.05) is 18.5 Å². The van der Waals surface area contributed by atoms with Crippen molar-refractivity contribution in [3.8, 4) is 0 Å². The van der Waals surface area contributed by atoms with Crippen molar-refractivity contribution in [3.63, 3.8) is 0 Å². The molecule has 1 fully saturated rings. The molecule has 0 aliphatic heterocycles. The van der Waals surface area contributed by atoms with Gasteiger partial charge in [0.05, 0.1) is 6.61 Å². The molecule has 0 heterocycles. The maximum absolute atomic E-state index is 11.8. The molecule has 0 saturated heterocycles. The summed E-state index contributed by atoms with van der Waals surface area (Å²) in [5.41, 5.74) is 1.69. The fourth-order valence-electron chi connectivity index (χ4n) is 3.15. The average molecular weight is 290 g/mol. The second-order valence-corrected chi connectivity index (χ2v) is 6.11. The Kier molecular flexibility index (Phi) is 5.62. The number of amides is 1. The Bertz CT molecular complexity index is 448. The first kappa shape index (κ1) is 15.8. The number of benzene rings is 1. The highest BCUT2D eigenvalue weighted by Crippen LogP contribution is 2.31. The molecule has 0 spiro atoms. The van der Waals surface area contributed by atoms with Crippen molar-refractivity contribution in [1.82, 2.24) is 5.32 Å². The number of carbonyl (C=O) groups is 1. The van der Waals surface area contributed by atoms with Crippen LogP contribution >= 0.6 is 0 Å². The first-order valence-corrected chi connectivity index (χ1v) is 7.87. The summed E-state index contributed by atoms with van der Waals surface area (Å²) in [4.78, 5) is 11.8. The lowest BCUT2D eigenvalue weighted by molar-refractivity contribution is 0.0945. The predicted molar refractivity (Wildman–Crippen MR) is 85.5 cm³/mol. The fourth-order valence-corrected chi connectivity index (χ4v) is 3.15. The normalized spacial score (nSPS) is 25.4. The second-order valence-electron chi connectivity index (χ2n) is 6.11. The lowest BCUT2D eigenvalue weighted by atomic mass is 9.78. The van der Waals surface area contributed by atoms with Gasteiger partial charge >= 0.3 is 0 Å². The van der Waals surface area contributed by atoms with Gasteiger partial charge in [-0.15, -0.1) is 0 Å². The third-order valence-corrected chi connectivity index (χ3v) is 4.42. The van der Waals surface area contributed by atoms with E-state index in [1.165, 1.54) is 19.3 Å². The number of nitrogens with one attached hydrogen (secondary N) is 2. The molecule has 1 aromatic carbocycles. The van der Waals surface area contributed by atoms with Crippen molar-refractivity contribution in [2.24, 2.45) is 11.8 Å². The summed E-state index contributed by atoms with van der Waals surface area (Å²) in [6.07, 6.45) is 3.89. The van der Waals surface area contributed by atoms with Gasteiger partial charge in [0, 0.05) is 23.8 Å². The molecule has 1 saturated carbocycles. The molecule has 0 bridgehead atoms. The molecule has 1 aliphatic carbocycles. The first-order valence-electron chi connectivity index (χ1n) is 7.87. The Morgan fingerprint density at radius 1 is 1.19 bits per heavy atom. The van der Waals surface area contributed by atoms with Gasteiger partial charge in [0.2, 0.25) is 0 Å². The summed E-state index contributed by atoms with van der Waals surface area (Å²) in [5.74, 6) is 1.22. The van der Waals surface area contributed by atoms with Gasteiger partial charge in [0.25, 0.3) is 5.91 Å². The standard InChI is InChI=1S/C17H26N2O2/c1-12-4-3-5-13(2)16(12)19-15-8-6-14(7-9-15)17(21)18-10-11-20/h6-9,12-13,16,19-20H,3-5,10-11H2,1-2H3,(H,18,21). The van der Waals surface area contributed by atoms with Crippen LogP contribution in [0.1, 0.15) is 43.5 Å². The monoisotopic (exact) mass is 290 g/mol. The van der Waals surface area contributed by atoms with E-state index >= 15 is 0 Å². The lowest BCUT2D eigenvalue weighted by Crippen LogP contribution is -2.37. The second kappa shape index (κ2) is 7.46. The summed E-state index contributed by atoms with van der Waals surface area (Å²) in [6, 6.07) is 8.08. The molecule has 4 nitrogen and oxygen atoms in total. The minimum Gasteiger partial charge on any atom is -0.395 e. The molecule has 3 N–H and O–H groups in total. The largest absolute Gasteiger partial charge is 0.395 e. The zero-order valence-electron chi connectivity index (χ0n) is 12.9. The summed E-state index contributed by atoms with van der Waals surface area (Å²) in [6.45, 7) is 4.87. The Hall–Kier alpha value is -1.55. The van der Waals surface area contributed by atoms with Crippen LogP contribution in [0.15, 0.2) is 24.3 Å². The number of hydrogen-bond acceptors (Lipinski definition) is 3. The van der Waals surface area contributed by atoms with Crippen LogP contribution in [0.3, 0.4) is 0 Å². The van der Waals surface area contributed by atoms with Gasteiger partial charge in [-0.05, 0) is 48.9 Å². The smallest absolute Gasteiger partial charge is 0.251 e. The first-order chi connectivity index (χ1) is 10.1. The van der Waals surface area contributed by atoms with E-state index in [-0.39, 0.29) is 19.1 Å². The number of aliphatic hydroxyl groups is 1. The highest BCUT2D eigenvalue weighted by molar-refractivity contribution is 5.94. The zero-order chi connectivity index (χ0) is 15.2. The molecule has 0 aromatic heterocycles. The van der Waals surface area contributed by atoms with Gasteiger partial charge in [-0.1, -0.05) is 20.3 Å². The Morgan fingerprint density at radius 2 is 1.81 bits per heavy atom. The van der Waals surface area contributed by atoms with E-state index in [4.69, 9.17) is 5.11 Å². The highest BCUT2D eigenvalue weighted by atomic mass is 16.3. The van der Waals surface area contributed by atoms with Crippen molar-refractivity contribution in [2.45, 2.75) is 39.2 Å². The highest BCUT2D eigenvalue weighted by Gasteiger charge is 2.27. The number of carbonyl (C=O) groups excluding carboxylic acids is 1. The Morgan fingerprint density at radius 3 is 2.38 bits per heavy atom. The number of hydrogen-bond donors (Lipinski definition) is 3. The van der Waals surface area contributed by atoms with Gasteiger partial charge in [-0.3, -0.25) is 4.79 Å². The van der Waals surface area contributed by atoms with Crippen LogP contribution in [0.25, 0.3) is 0 Å². The fraction of sp³-hybridized carbons (Fsp3) is 0.588. The van der Waals surface area contributed by atoms with Crippen LogP contribution in [-0.4, -0.2) is 30.2 Å². The number of rotatable bonds is 5. The summed E-state index contributed by atoms with van der Waals surface area (Å²) >= 11 is 0. The van der Waals surface area contributed by atoms with Crippen LogP contribution in [0, 0.1) is 11.8 Å². The van der Waals surface area contributed by atoms with E-state index in [1.807, 2.05) is 24.3 Å². The molecule has 1 amide bonds. The lowest BCUT2D eigenvalue weighted by Gasteiger charge is -2.35. The van der Waals surface area contributed by atoms with Gasteiger partial charge in [-0.2, -0.15) is 0 Å². The van der Waals surface area contributed by atoms with E-state index in [2.05, 4.69) is 24.5 Å². The predicted octanol–water partition coefficient (Wildman–Crippen LogP) is 2.65. The van der Waals surface area contributed by atoms with Crippen molar-refractivity contribution >= 4 is 11.6 Å². The van der Waals surface area contributed by atoms with Gasteiger partial charge in [0.15, 0.2) is 0 Å². The number of anilines is 1. The SMILES string of the molecule is CC1CCCC(C)C1Nc1ccc(C(=O)NCCO)cc1. The summed E-state index contributed by atoms with van der Waals surface area (Å²) in [5, 5.41) is 15.0. The van der Waals surface area contributed by atoms with Crippen molar-refractivity contribution in [1.29, 1.82) is 0 Å². The van der Waals surface area contributed by atoms with E-state index in [9.17, 15) is 4.79 Å². The Labute approximate surface area is 126 Å². The molecule has 116 valence electrons. The molecule has 1 aromatic rings. The number of aliphatic hydroxyl groups excluding tert-OH is 1. The van der Waals surface area contributed by atoms with Gasteiger partial charge < -0.3 is 15.7 Å². The molecule has 2 atom stereocenters. The minimum atomic E-state index is -0.144.